The average Bonchev–Trinajstić information content (AvgIpc) is 2.28. The number of nitrogens with zero attached hydrogens (tertiary/aromatic N) is 1. The Morgan fingerprint density at radius 1 is 1.53 bits per heavy atom. The van der Waals surface area contributed by atoms with Crippen LogP contribution in [0.25, 0.3) is 0 Å². The number of aliphatic hydroxyl groups is 1. The van der Waals surface area contributed by atoms with Crippen molar-refractivity contribution in [3.8, 4) is 0 Å². The summed E-state index contributed by atoms with van der Waals surface area (Å²) in [6.07, 6.45) is 3.67. The molecule has 0 aliphatic heterocycles. The number of aromatic nitrogens is 1. The summed E-state index contributed by atoms with van der Waals surface area (Å²) in [5.41, 5.74) is 0.799. The van der Waals surface area contributed by atoms with Gasteiger partial charge in [-0.2, -0.15) is 0 Å². The summed E-state index contributed by atoms with van der Waals surface area (Å²) in [4.78, 5) is 15.3. The number of hydrogen-bond acceptors (Lipinski definition) is 4. The molecule has 1 aromatic heterocycles. The van der Waals surface area contributed by atoms with Gasteiger partial charge in [0.25, 0.3) is 0 Å². The van der Waals surface area contributed by atoms with Crippen molar-refractivity contribution in [1.29, 1.82) is 0 Å². The van der Waals surface area contributed by atoms with E-state index in [0.717, 1.165) is 0 Å². The molecule has 0 atom stereocenters. The maximum Gasteiger partial charge on any atom is 0.341 e. The number of allylic oxidation sites excluding steroid dienone is 1. The highest BCUT2D eigenvalue weighted by atomic mass is 35.5. The molecule has 0 fully saturated rings. The minimum Gasteiger partial charge on any atom is -0.465 e. The predicted octanol–water partition coefficient (Wildman–Crippen LogP) is 2.27. The molecule has 0 radical (unpaired) electrons. The first-order valence-electron chi connectivity index (χ1n) is 4.79. The van der Waals surface area contributed by atoms with Crippen molar-refractivity contribution < 1.29 is 14.6 Å². The third-order valence-electron chi connectivity index (χ3n) is 2.03. The first-order chi connectivity index (χ1) is 8.10. The number of rotatable bonds is 4. The Hall–Kier alpha value is -1.10. The van der Waals surface area contributed by atoms with Gasteiger partial charge in [-0.25, -0.2) is 9.78 Å². The van der Waals surface area contributed by atoms with Crippen LogP contribution in [0, 0.1) is 0 Å². The van der Waals surface area contributed by atoms with Gasteiger partial charge in [0.15, 0.2) is 0 Å². The van der Waals surface area contributed by atoms with Crippen molar-refractivity contribution in [1.82, 2.24) is 4.98 Å². The van der Waals surface area contributed by atoms with E-state index in [0.29, 0.717) is 12.0 Å². The SMILES string of the molecule is COC(=O)c1c(CC=CCO)cc(Cl)nc1Cl. The first kappa shape index (κ1) is 14.0. The molecule has 0 aromatic carbocycles. The van der Waals surface area contributed by atoms with Crippen molar-refractivity contribution in [3.05, 3.63) is 39.7 Å². The number of ether oxygens (including phenoxy) is 1. The summed E-state index contributed by atoms with van der Waals surface area (Å²) < 4.78 is 4.62. The number of pyridine rings is 1. The summed E-state index contributed by atoms with van der Waals surface area (Å²) in [5.74, 6) is -0.563. The highest BCUT2D eigenvalue weighted by Crippen LogP contribution is 2.23. The van der Waals surface area contributed by atoms with E-state index in [9.17, 15) is 4.79 Å². The van der Waals surface area contributed by atoms with E-state index in [1.54, 1.807) is 18.2 Å². The molecule has 1 rings (SSSR count). The standard InChI is InChI=1S/C11H11Cl2NO3/c1-17-11(16)9-7(4-2-3-5-15)6-8(12)14-10(9)13/h2-3,6,15H,4-5H2,1H3. The van der Waals surface area contributed by atoms with E-state index in [-0.39, 0.29) is 22.5 Å². The summed E-state index contributed by atoms with van der Waals surface area (Å²) in [7, 11) is 1.26. The first-order valence-corrected chi connectivity index (χ1v) is 5.54. The highest BCUT2D eigenvalue weighted by Gasteiger charge is 2.17. The van der Waals surface area contributed by atoms with Crippen LogP contribution < -0.4 is 0 Å². The van der Waals surface area contributed by atoms with Crippen LogP contribution in [0.2, 0.25) is 10.3 Å². The van der Waals surface area contributed by atoms with E-state index >= 15 is 0 Å². The van der Waals surface area contributed by atoms with Gasteiger partial charge in [-0.15, -0.1) is 0 Å². The number of methoxy groups -OCH3 is 1. The van der Waals surface area contributed by atoms with Crippen LogP contribution in [-0.4, -0.2) is 29.8 Å². The molecule has 0 saturated carbocycles. The molecule has 0 saturated heterocycles. The molecule has 92 valence electrons. The maximum atomic E-state index is 11.5. The van der Waals surface area contributed by atoms with Crippen LogP contribution in [-0.2, 0) is 11.2 Å². The molecule has 0 aliphatic carbocycles. The Kier molecular flexibility index (Phi) is 5.41. The minimum absolute atomic E-state index is 0.0109. The number of hydrogen-bond donors (Lipinski definition) is 1. The smallest absolute Gasteiger partial charge is 0.341 e. The van der Waals surface area contributed by atoms with Crippen molar-refractivity contribution in [2.24, 2.45) is 0 Å². The quantitative estimate of drug-likeness (QED) is 0.520. The second-order valence-electron chi connectivity index (χ2n) is 3.12. The molecule has 0 unspecified atom stereocenters. The molecule has 17 heavy (non-hydrogen) atoms. The Bertz CT molecular complexity index is 447. The Morgan fingerprint density at radius 3 is 2.82 bits per heavy atom. The van der Waals surface area contributed by atoms with Gasteiger partial charge in [-0.1, -0.05) is 35.4 Å². The largest absolute Gasteiger partial charge is 0.465 e. The average molecular weight is 276 g/mol. The molecule has 1 aromatic rings. The zero-order chi connectivity index (χ0) is 12.8. The fraction of sp³-hybridized carbons (Fsp3) is 0.273. The molecule has 1 heterocycles. The van der Waals surface area contributed by atoms with Crippen molar-refractivity contribution in [3.63, 3.8) is 0 Å². The number of esters is 1. The fourth-order valence-corrected chi connectivity index (χ4v) is 1.84. The molecule has 4 nitrogen and oxygen atoms in total. The van der Waals surface area contributed by atoms with E-state index in [4.69, 9.17) is 28.3 Å². The Labute approximate surface area is 109 Å². The normalized spacial score (nSPS) is 10.8. The van der Waals surface area contributed by atoms with Crippen LogP contribution in [0.4, 0.5) is 0 Å². The monoisotopic (exact) mass is 275 g/mol. The second kappa shape index (κ2) is 6.59. The predicted molar refractivity (Wildman–Crippen MR) is 65.5 cm³/mol. The van der Waals surface area contributed by atoms with Gasteiger partial charge < -0.3 is 9.84 Å². The maximum absolute atomic E-state index is 11.5. The lowest BCUT2D eigenvalue weighted by molar-refractivity contribution is 0.0599. The number of halogens is 2. The van der Waals surface area contributed by atoms with Gasteiger partial charge in [0.1, 0.15) is 15.9 Å². The number of carbonyl (C=O) groups is 1. The molecule has 0 bridgehead atoms. The third-order valence-corrected chi connectivity index (χ3v) is 2.49. The van der Waals surface area contributed by atoms with Crippen molar-refractivity contribution in [2.45, 2.75) is 6.42 Å². The number of aliphatic hydroxyl groups excluding tert-OH is 1. The summed E-state index contributed by atoms with van der Waals surface area (Å²) in [6, 6.07) is 1.54. The zero-order valence-corrected chi connectivity index (χ0v) is 10.6. The molecular weight excluding hydrogens is 265 g/mol. The fourth-order valence-electron chi connectivity index (χ4n) is 1.29. The third kappa shape index (κ3) is 3.70. The van der Waals surface area contributed by atoms with Gasteiger partial charge in [0.05, 0.1) is 13.7 Å². The molecule has 0 spiro atoms. The lowest BCUT2D eigenvalue weighted by atomic mass is 10.1. The van der Waals surface area contributed by atoms with Crippen molar-refractivity contribution >= 4 is 29.2 Å². The molecule has 0 amide bonds. The van der Waals surface area contributed by atoms with Crippen LogP contribution in [0.3, 0.4) is 0 Å². The highest BCUT2D eigenvalue weighted by molar-refractivity contribution is 6.34. The summed E-state index contributed by atoms with van der Waals surface area (Å²) in [5, 5.41) is 8.85. The van der Waals surface area contributed by atoms with Crippen LogP contribution in [0.1, 0.15) is 15.9 Å². The molecule has 6 heteroatoms. The lowest BCUT2D eigenvalue weighted by Crippen LogP contribution is -2.08. The topological polar surface area (TPSA) is 59.4 Å². The van der Waals surface area contributed by atoms with Gasteiger partial charge in [-0.05, 0) is 18.1 Å². The number of carbonyl (C=O) groups excluding carboxylic acids is 1. The van der Waals surface area contributed by atoms with E-state index in [2.05, 4.69) is 9.72 Å². The molecule has 0 aliphatic rings. The Balaban J connectivity index is 3.15. The van der Waals surface area contributed by atoms with Crippen molar-refractivity contribution in [2.75, 3.05) is 13.7 Å². The molecular formula is C11H11Cl2NO3. The van der Waals surface area contributed by atoms with Crippen LogP contribution in [0.5, 0.6) is 0 Å². The summed E-state index contributed by atoms with van der Waals surface area (Å²) in [6.45, 7) is -0.0693. The second-order valence-corrected chi connectivity index (χ2v) is 3.86. The van der Waals surface area contributed by atoms with E-state index in [1.165, 1.54) is 7.11 Å². The molecule has 1 N–H and O–H groups in total. The van der Waals surface area contributed by atoms with Gasteiger partial charge in [-0.3, -0.25) is 0 Å². The minimum atomic E-state index is -0.563. The van der Waals surface area contributed by atoms with Crippen LogP contribution in [0.15, 0.2) is 18.2 Å². The summed E-state index contributed by atoms with van der Waals surface area (Å²) >= 11 is 11.6. The van der Waals surface area contributed by atoms with Gasteiger partial charge in [0, 0.05) is 0 Å². The van der Waals surface area contributed by atoms with E-state index < -0.39 is 5.97 Å². The lowest BCUT2D eigenvalue weighted by Gasteiger charge is -2.08. The zero-order valence-electron chi connectivity index (χ0n) is 9.11. The van der Waals surface area contributed by atoms with Gasteiger partial charge >= 0.3 is 5.97 Å². The van der Waals surface area contributed by atoms with Crippen LogP contribution >= 0.6 is 23.2 Å². The van der Waals surface area contributed by atoms with Gasteiger partial charge in [0.2, 0.25) is 0 Å². The van der Waals surface area contributed by atoms with E-state index in [1.807, 2.05) is 0 Å². The Morgan fingerprint density at radius 2 is 2.24 bits per heavy atom.